The molecule has 0 amide bonds. The normalized spacial score (nSPS) is 11.8. The van der Waals surface area contributed by atoms with Crippen LogP contribution < -0.4 is 0 Å². The maximum Gasteiger partial charge on any atom is 0.151 e. The van der Waals surface area contributed by atoms with Gasteiger partial charge in [0.05, 0.1) is 0 Å². The largest absolute Gasteiger partial charge is 0.219 e. The monoisotopic (exact) mass is 147 g/mol. The standard InChI is InChI=1S/C4H4BrO/c1-4(6)2-3-5/h4H,1H3. The summed E-state index contributed by atoms with van der Waals surface area (Å²) in [6.07, 6.45) is -0.760. The highest BCUT2D eigenvalue weighted by Gasteiger charge is 1.81. The number of halogens is 1. The number of hydrogen-bond donors (Lipinski definition) is 0. The molecule has 33 valence electrons. The van der Waals surface area contributed by atoms with Gasteiger partial charge in [-0.15, -0.1) is 0 Å². The molecule has 0 saturated heterocycles. The number of hydrogen-bond acceptors (Lipinski definition) is 0. The van der Waals surface area contributed by atoms with Crippen molar-refractivity contribution in [1.29, 1.82) is 0 Å². The molecule has 6 heavy (non-hydrogen) atoms. The maximum atomic E-state index is 9.92. The maximum absolute atomic E-state index is 9.92. The summed E-state index contributed by atoms with van der Waals surface area (Å²) < 4.78 is 0. The van der Waals surface area contributed by atoms with Gasteiger partial charge in [-0.3, -0.25) is 0 Å². The SMILES string of the molecule is CC([O])C#CBr. The molecule has 1 atom stereocenters. The molecular formula is C4H4BrO. The molecule has 0 aromatic carbocycles. The Balaban J connectivity index is 3.20. The minimum absolute atomic E-state index is 0.760. The van der Waals surface area contributed by atoms with Crippen LogP contribution in [0.1, 0.15) is 6.92 Å². The average molecular weight is 148 g/mol. The summed E-state index contributed by atoms with van der Waals surface area (Å²) in [5.41, 5.74) is 0. The van der Waals surface area contributed by atoms with Crippen molar-refractivity contribution in [3.8, 4) is 10.8 Å². The zero-order chi connectivity index (χ0) is 4.99. The van der Waals surface area contributed by atoms with Gasteiger partial charge in [-0.05, 0) is 11.8 Å². The highest BCUT2D eigenvalue weighted by molar-refractivity contribution is 9.12. The van der Waals surface area contributed by atoms with E-state index >= 15 is 0 Å². The Morgan fingerprint density at radius 3 is 2.33 bits per heavy atom. The van der Waals surface area contributed by atoms with Gasteiger partial charge in [0.15, 0.2) is 6.10 Å². The molecule has 0 bridgehead atoms. The van der Waals surface area contributed by atoms with Crippen molar-refractivity contribution in [2.45, 2.75) is 13.0 Å². The predicted molar refractivity (Wildman–Crippen MR) is 26.9 cm³/mol. The molecular weight excluding hydrogens is 144 g/mol. The van der Waals surface area contributed by atoms with Crippen LogP contribution in [0.4, 0.5) is 0 Å². The molecule has 0 fully saturated rings. The molecule has 0 aromatic heterocycles. The summed E-state index contributed by atoms with van der Waals surface area (Å²) in [5.74, 6) is 2.32. The van der Waals surface area contributed by atoms with Crippen LogP contribution in [-0.4, -0.2) is 6.10 Å². The zero-order valence-electron chi connectivity index (χ0n) is 3.36. The topological polar surface area (TPSA) is 19.9 Å². The third-order valence-corrected chi connectivity index (χ3v) is 0.487. The second-order valence-electron chi connectivity index (χ2n) is 0.881. The van der Waals surface area contributed by atoms with E-state index in [1.807, 2.05) is 0 Å². The third-order valence-electron chi connectivity index (χ3n) is 0.258. The molecule has 0 rings (SSSR count). The van der Waals surface area contributed by atoms with Crippen molar-refractivity contribution in [2.75, 3.05) is 0 Å². The molecule has 0 aromatic rings. The van der Waals surface area contributed by atoms with Crippen molar-refractivity contribution < 1.29 is 5.11 Å². The molecule has 1 unspecified atom stereocenters. The fourth-order valence-corrected chi connectivity index (χ4v) is 0.399. The van der Waals surface area contributed by atoms with Crippen LogP contribution in [-0.2, 0) is 5.11 Å². The van der Waals surface area contributed by atoms with Gasteiger partial charge in [-0.1, -0.05) is 5.92 Å². The smallest absolute Gasteiger partial charge is 0.151 e. The van der Waals surface area contributed by atoms with Crippen LogP contribution in [0.15, 0.2) is 0 Å². The number of rotatable bonds is 0. The van der Waals surface area contributed by atoms with Crippen molar-refractivity contribution in [3.63, 3.8) is 0 Å². The summed E-state index contributed by atoms with van der Waals surface area (Å²) >= 11 is 2.79. The predicted octanol–water partition coefficient (Wildman–Crippen LogP) is 1.16. The minimum Gasteiger partial charge on any atom is -0.219 e. The van der Waals surface area contributed by atoms with Crippen LogP contribution in [0.25, 0.3) is 0 Å². The fourth-order valence-electron chi connectivity index (χ4n) is 0.0768. The third kappa shape index (κ3) is 4.00. The van der Waals surface area contributed by atoms with Gasteiger partial charge in [0, 0.05) is 15.9 Å². The van der Waals surface area contributed by atoms with E-state index in [4.69, 9.17) is 0 Å². The summed E-state index contributed by atoms with van der Waals surface area (Å²) in [7, 11) is 0. The highest BCUT2D eigenvalue weighted by atomic mass is 79.9. The molecule has 0 heterocycles. The quantitative estimate of drug-likeness (QED) is 0.459. The first-order valence-electron chi connectivity index (χ1n) is 1.54. The van der Waals surface area contributed by atoms with Crippen LogP contribution in [0.5, 0.6) is 0 Å². The van der Waals surface area contributed by atoms with Crippen molar-refractivity contribution in [1.82, 2.24) is 0 Å². The van der Waals surface area contributed by atoms with Crippen LogP contribution >= 0.6 is 15.9 Å². The molecule has 0 spiro atoms. The Morgan fingerprint density at radius 2 is 2.33 bits per heavy atom. The van der Waals surface area contributed by atoms with E-state index in [9.17, 15) is 5.11 Å². The van der Waals surface area contributed by atoms with E-state index in [-0.39, 0.29) is 0 Å². The highest BCUT2D eigenvalue weighted by Crippen LogP contribution is 1.76. The Hall–Kier alpha value is 0. The lowest BCUT2D eigenvalue weighted by Gasteiger charge is -1.77. The summed E-state index contributed by atoms with van der Waals surface area (Å²) in [5, 5.41) is 9.92. The molecule has 1 radical (unpaired) electrons. The lowest BCUT2D eigenvalue weighted by atomic mass is 10.4. The second kappa shape index (κ2) is 3.20. The van der Waals surface area contributed by atoms with Gasteiger partial charge in [0.2, 0.25) is 0 Å². The Morgan fingerprint density at radius 1 is 1.83 bits per heavy atom. The van der Waals surface area contributed by atoms with E-state index in [0.29, 0.717) is 0 Å². The molecule has 0 aliphatic rings. The van der Waals surface area contributed by atoms with Gasteiger partial charge >= 0.3 is 0 Å². The molecule has 0 saturated carbocycles. The van der Waals surface area contributed by atoms with Crippen molar-refractivity contribution in [2.24, 2.45) is 0 Å². The van der Waals surface area contributed by atoms with Gasteiger partial charge in [0.25, 0.3) is 0 Å². The van der Waals surface area contributed by atoms with E-state index in [2.05, 4.69) is 26.7 Å². The summed E-state index contributed by atoms with van der Waals surface area (Å²) in [4.78, 5) is 2.32. The molecule has 2 heteroatoms. The first-order valence-corrected chi connectivity index (χ1v) is 2.33. The fraction of sp³-hybridized carbons (Fsp3) is 0.500. The zero-order valence-corrected chi connectivity index (χ0v) is 4.95. The summed E-state index contributed by atoms with van der Waals surface area (Å²) in [6.45, 7) is 1.49. The lowest BCUT2D eigenvalue weighted by molar-refractivity contribution is 0.154. The molecule has 0 aliphatic carbocycles. The Bertz CT molecular complexity index is 77.3. The molecule has 1 nitrogen and oxygen atoms in total. The van der Waals surface area contributed by atoms with Crippen molar-refractivity contribution >= 4 is 15.9 Å². The van der Waals surface area contributed by atoms with Gasteiger partial charge in [-0.25, -0.2) is 5.11 Å². The Labute approximate surface area is 45.5 Å². The van der Waals surface area contributed by atoms with Crippen LogP contribution in [0.3, 0.4) is 0 Å². The minimum atomic E-state index is -0.760. The van der Waals surface area contributed by atoms with Crippen LogP contribution in [0.2, 0.25) is 0 Å². The molecule has 0 N–H and O–H groups in total. The van der Waals surface area contributed by atoms with E-state index < -0.39 is 6.10 Å². The van der Waals surface area contributed by atoms with Gasteiger partial charge in [0.1, 0.15) is 0 Å². The van der Waals surface area contributed by atoms with Gasteiger partial charge in [-0.2, -0.15) is 0 Å². The average Bonchev–Trinajstić information content (AvgIpc) is 1.35. The van der Waals surface area contributed by atoms with Gasteiger partial charge < -0.3 is 0 Å². The first kappa shape index (κ1) is 6.00. The first-order chi connectivity index (χ1) is 2.77. The summed E-state index contributed by atoms with van der Waals surface area (Å²) in [6, 6.07) is 0. The molecule has 0 aliphatic heterocycles. The van der Waals surface area contributed by atoms with E-state index in [1.54, 1.807) is 0 Å². The lowest BCUT2D eigenvalue weighted by Crippen LogP contribution is -1.87. The van der Waals surface area contributed by atoms with E-state index in [1.165, 1.54) is 6.92 Å². The van der Waals surface area contributed by atoms with Crippen LogP contribution in [0, 0.1) is 10.8 Å². The Kier molecular flexibility index (Phi) is 3.20. The van der Waals surface area contributed by atoms with E-state index in [0.717, 1.165) is 0 Å². The van der Waals surface area contributed by atoms with Crippen molar-refractivity contribution in [3.05, 3.63) is 0 Å². The second-order valence-corrected chi connectivity index (χ2v) is 1.28.